The number of amides is 1. The minimum Gasteiger partial charge on any atom is -0.491 e. The van der Waals surface area contributed by atoms with E-state index in [0.717, 1.165) is 0 Å². The SMILES string of the molecule is CCn1c(=O)c(=O)[nH]c2cc(C(=O)NCC(O)COc3ccc4c(c3)OCO4)ccc21. The number of aromatic nitrogens is 2. The maximum absolute atomic E-state index is 12.4. The van der Waals surface area contributed by atoms with Crippen LogP contribution >= 0.6 is 0 Å². The van der Waals surface area contributed by atoms with Crippen molar-refractivity contribution in [2.24, 2.45) is 0 Å². The van der Waals surface area contributed by atoms with Gasteiger partial charge in [0, 0.05) is 24.7 Å². The number of aryl methyl sites for hydroxylation is 1. The van der Waals surface area contributed by atoms with E-state index >= 15 is 0 Å². The van der Waals surface area contributed by atoms with Gasteiger partial charge in [0.25, 0.3) is 5.91 Å². The summed E-state index contributed by atoms with van der Waals surface area (Å²) in [5, 5.41) is 12.7. The molecule has 1 aliphatic rings. The van der Waals surface area contributed by atoms with Crippen LogP contribution < -0.4 is 30.6 Å². The average molecular weight is 427 g/mol. The smallest absolute Gasteiger partial charge is 0.316 e. The number of aromatic amines is 1. The van der Waals surface area contributed by atoms with Gasteiger partial charge in [-0.3, -0.25) is 14.4 Å². The van der Waals surface area contributed by atoms with Crippen LogP contribution in [-0.4, -0.2) is 46.6 Å². The minimum absolute atomic E-state index is 0.0340. The second kappa shape index (κ2) is 8.52. The maximum Gasteiger partial charge on any atom is 0.316 e. The number of benzene rings is 2. The Hall–Kier alpha value is -3.79. The number of H-pyrrole nitrogens is 1. The molecule has 2 heterocycles. The Morgan fingerprint density at radius 1 is 1.23 bits per heavy atom. The first kappa shape index (κ1) is 20.5. The van der Waals surface area contributed by atoms with Crippen molar-refractivity contribution in [1.29, 1.82) is 0 Å². The van der Waals surface area contributed by atoms with E-state index in [4.69, 9.17) is 14.2 Å². The van der Waals surface area contributed by atoms with Gasteiger partial charge in [-0.25, -0.2) is 0 Å². The van der Waals surface area contributed by atoms with Crippen molar-refractivity contribution in [3.8, 4) is 17.2 Å². The molecule has 1 amide bonds. The van der Waals surface area contributed by atoms with Crippen LogP contribution in [0.5, 0.6) is 17.2 Å². The first-order chi connectivity index (χ1) is 15.0. The molecule has 1 aliphatic heterocycles. The molecule has 10 heteroatoms. The molecule has 0 spiro atoms. The molecule has 10 nitrogen and oxygen atoms in total. The molecule has 1 unspecified atom stereocenters. The van der Waals surface area contributed by atoms with Gasteiger partial charge in [0.1, 0.15) is 18.5 Å². The number of aliphatic hydroxyl groups excluding tert-OH is 1. The predicted octanol–water partition coefficient (Wildman–Crippen LogP) is 0.608. The van der Waals surface area contributed by atoms with Crippen molar-refractivity contribution >= 4 is 16.9 Å². The largest absolute Gasteiger partial charge is 0.491 e. The van der Waals surface area contributed by atoms with E-state index in [0.29, 0.717) is 34.8 Å². The number of carbonyl (C=O) groups excluding carboxylic acids is 1. The highest BCUT2D eigenvalue weighted by molar-refractivity contribution is 5.97. The molecule has 162 valence electrons. The minimum atomic E-state index is -0.945. The number of aliphatic hydroxyl groups is 1. The lowest BCUT2D eigenvalue weighted by molar-refractivity contribution is 0.0843. The summed E-state index contributed by atoms with van der Waals surface area (Å²) in [6, 6.07) is 9.73. The monoisotopic (exact) mass is 427 g/mol. The highest BCUT2D eigenvalue weighted by Crippen LogP contribution is 2.35. The van der Waals surface area contributed by atoms with Crippen LogP contribution in [0.15, 0.2) is 46.0 Å². The van der Waals surface area contributed by atoms with Crippen molar-refractivity contribution < 1.29 is 24.1 Å². The van der Waals surface area contributed by atoms with Crippen molar-refractivity contribution in [2.45, 2.75) is 19.6 Å². The third-order valence-corrected chi connectivity index (χ3v) is 4.84. The van der Waals surface area contributed by atoms with Crippen LogP contribution in [0.25, 0.3) is 11.0 Å². The number of carbonyl (C=O) groups is 1. The quantitative estimate of drug-likeness (QED) is 0.471. The van der Waals surface area contributed by atoms with Crippen LogP contribution in [-0.2, 0) is 6.54 Å². The molecule has 1 aromatic heterocycles. The molecule has 3 aromatic rings. The normalized spacial score (nSPS) is 13.2. The number of nitrogens with zero attached hydrogens (tertiary/aromatic N) is 1. The summed E-state index contributed by atoms with van der Waals surface area (Å²) in [4.78, 5) is 38.7. The van der Waals surface area contributed by atoms with Crippen LogP contribution in [0.2, 0.25) is 0 Å². The first-order valence-corrected chi connectivity index (χ1v) is 9.72. The van der Waals surface area contributed by atoms with E-state index in [1.807, 2.05) is 0 Å². The lowest BCUT2D eigenvalue weighted by Crippen LogP contribution is -2.36. The molecule has 3 N–H and O–H groups in total. The Kier molecular flexibility index (Phi) is 5.63. The zero-order valence-electron chi connectivity index (χ0n) is 16.7. The standard InChI is InChI=1S/C21H21N3O7/c1-2-24-16-5-3-12(7-15(16)23-20(27)21(24)28)19(26)22-9-13(25)10-29-14-4-6-17-18(8-14)31-11-30-17/h3-8,13,25H,2,9-11H2,1H3,(H,22,26)(H,23,27). The van der Waals surface area contributed by atoms with Gasteiger partial charge in [-0.05, 0) is 37.3 Å². The topological polar surface area (TPSA) is 132 Å². The summed E-state index contributed by atoms with van der Waals surface area (Å²) in [6.07, 6.45) is -0.945. The lowest BCUT2D eigenvalue weighted by atomic mass is 10.1. The molecule has 0 saturated heterocycles. The van der Waals surface area contributed by atoms with Gasteiger partial charge in [0.2, 0.25) is 6.79 Å². The molecular weight excluding hydrogens is 406 g/mol. The number of hydrogen-bond donors (Lipinski definition) is 3. The Bertz CT molecular complexity index is 1250. The fourth-order valence-electron chi connectivity index (χ4n) is 3.27. The van der Waals surface area contributed by atoms with E-state index in [2.05, 4.69) is 10.3 Å². The van der Waals surface area contributed by atoms with E-state index < -0.39 is 23.1 Å². The number of fused-ring (bicyclic) bond motifs is 2. The Labute approximate surface area is 176 Å². The van der Waals surface area contributed by atoms with E-state index in [1.54, 1.807) is 37.3 Å². The number of nitrogens with one attached hydrogen (secondary N) is 2. The maximum atomic E-state index is 12.4. The number of rotatable bonds is 7. The highest BCUT2D eigenvalue weighted by atomic mass is 16.7. The molecule has 0 aliphatic carbocycles. The van der Waals surface area contributed by atoms with Gasteiger partial charge in [-0.15, -0.1) is 0 Å². The van der Waals surface area contributed by atoms with Gasteiger partial charge >= 0.3 is 11.1 Å². The van der Waals surface area contributed by atoms with Gasteiger partial charge in [0.15, 0.2) is 11.5 Å². The summed E-state index contributed by atoms with van der Waals surface area (Å²) in [7, 11) is 0. The molecular formula is C21H21N3O7. The summed E-state index contributed by atoms with van der Waals surface area (Å²) < 4.78 is 17.4. The second-order valence-electron chi connectivity index (χ2n) is 6.93. The van der Waals surface area contributed by atoms with Gasteiger partial charge in [-0.1, -0.05) is 0 Å². The van der Waals surface area contributed by atoms with E-state index in [9.17, 15) is 19.5 Å². The molecule has 0 radical (unpaired) electrons. The molecule has 0 saturated carbocycles. The molecule has 0 fully saturated rings. The van der Waals surface area contributed by atoms with Gasteiger partial charge in [-0.2, -0.15) is 0 Å². The predicted molar refractivity (Wildman–Crippen MR) is 111 cm³/mol. The van der Waals surface area contributed by atoms with Crippen molar-refractivity contribution in [2.75, 3.05) is 19.9 Å². The first-order valence-electron chi connectivity index (χ1n) is 9.72. The fraction of sp³-hybridized carbons (Fsp3) is 0.286. The van der Waals surface area contributed by atoms with Crippen molar-refractivity contribution in [3.05, 3.63) is 62.7 Å². The zero-order valence-corrected chi connectivity index (χ0v) is 16.7. The summed E-state index contributed by atoms with van der Waals surface area (Å²) in [5.74, 6) is 1.28. The fourth-order valence-corrected chi connectivity index (χ4v) is 3.27. The van der Waals surface area contributed by atoms with E-state index in [1.165, 1.54) is 10.6 Å². The zero-order chi connectivity index (χ0) is 22.0. The molecule has 1 atom stereocenters. The average Bonchev–Trinajstić information content (AvgIpc) is 3.24. The van der Waals surface area contributed by atoms with Crippen LogP contribution in [0.4, 0.5) is 0 Å². The van der Waals surface area contributed by atoms with Crippen molar-refractivity contribution in [1.82, 2.24) is 14.9 Å². The molecule has 2 aromatic carbocycles. The second-order valence-corrected chi connectivity index (χ2v) is 6.93. The third-order valence-electron chi connectivity index (χ3n) is 4.84. The highest BCUT2D eigenvalue weighted by Gasteiger charge is 2.15. The summed E-state index contributed by atoms with van der Waals surface area (Å²) >= 11 is 0. The summed E-state index contributed by atoms with van der Waals surface area (Å²) in [6.45, 7) is 2.18. The Morgan fingerprint density at radius 2 is 2.03 bits per heavy atom. The van der Waals surface area contributed by atoms with Crippen LogP contribution in [0.1, 0.15) is 17.3 Å². The van der Waals surface area contributed by atoms with Gasteiger partial charge in [0.05, 0.1) is 11.0 Å². The summed E-state index contributed by atoms with van der Waals surface area (Å²) in [5.41, 5.74) is -0.194. The lowest BCUT2D eigenvalue weighted by Gasteiger charge is -2.14. The van der Waals surface area contributed by atoms with Crippen LogP contribution in [0, 0.1) is 0 Å². The third kappa shape index (κ3) is 4.24. The van der Waals surface area contributed by atoms with Gasteiger partial charge < -0.3 is 34.2 Å². The Balaban J connectivity index is 1.36. The molecule has 0 bridgehead atoms. The van der Waals surface area contributed by atoms with E-state index in [-0.39, 0.29) is 25.5 Å². The number of ether oxygens (including phenoxy) is 3. The Morgan fingerprint density at radius 3 is 2.84 bits per heavy atom. The molecule has 4 rings (SSSR count). The van der Waals surface area contributed by atoms with Crippen molar-refractivity contribution in [3.63, 3.8) is 0 Å². The molecule has 31 heavy (non-hydrogen) atoms. The van der Waals surface area contributed by atoms with Crippen LogP contribution in [0.3, 0.4) is 0 Å². The number of hydrogen-bond acceptors (Lipinski definition) is 7.